The van der Waals surface area contributed by atoms with Gasteiger partial charge in [0.2, 0.25) is 0 Å². The van der Waals surface area contributed by atoms with Crippen LogP contribution in [0.4, 0.5) is 0 Å². The average molecular weight is 253 g/mol. The van der Waals surface area contributed by atoms with E-state index in [1.807, 2.05) is 54.2 Å². The van der Waals surface area contributed by atoms with E-state index in [4.69, 9.17) is 0 Å². The molecule has 2 aromatic heterocycles. The number of hydrogen-bond donors (Lipinski definition) is 1. The van der Waals surface area contributed by atoms with Crippen LogP contribution in [0.2, 0.25) is 0 Å². The molecule has 0 spiro atoms. The third-order valence-electron chi connectivity index (χ3n) is 3.20. The van der Waals surface area contributed by atoms with Crippen LogP contribution in [0.25, 0.3) is 16.7 Å². The molecule has 0 amide bonds. The molecular formula is C15H15N3O. The zero-order valence-electron chi connectivity index (χ0n) is 10.9. The summed E-state index contributed by atoms with van der Waals surface area (Å²) in [4.78, 5) is 8.67. The maximum absolute atomic E-state index is 9.53. The number of aryl methyl sites for hydroxylation is 1. The first kappa shape index (κ1) is 11.9. The molecule has 96 valence electrons. The Kier molecular flexibility index (Phi) is 2.80. The van der Waals surface area contributed by atoms with E-state index in [1.165, 1.54) is 0 Å². The minimum absolute atomic E-state index is 0.444. The number of aromatic nitrogens is 3. The molecule has 3 rings (SSSR count). The largest absolute Gasteiger partial charge is 0.389 e. The Hall–Kier alpha value is -2.20. The lowest BCUT2D eigenvalue weighted by Gasteiger charge is -2.08. The van der Waals surface area contributed by atoms with Crippen molar-refractivity contribution < 1.29 is 5.11 Å². The van der Waals surface area contributed by atoms with Crippen molar-refractivity contribution in [3.63, 3.8) is 0 Å². The highest BCUT2D eigenvalue weighted by molar-refractivity contribution is 5.77. The van der Waals surface area contributed by atoms with E-state index < -0.39 is 6.10 Å². The molecule has 0 aliphatic rings. The van der Waals surface area contributed by atoms with Crippen LogP contribution in [0.15, 0.2) is 42.7 Å². The van der Waals surface area contributed by atoms with E-state index >= 15 is 0 Å². The number of nitrogens with zero attached hydrogens (tertiary/aromatic N) is 3. The van der Waals surface area contributed by atoms with Gasteiger partial charge in [0, 0.05) is 23.5 Å². The van der Waals surface area contributed by atoms with Crippen LogP contribution < -0.4 is 0 Å². The molecule has 4 heteroatoms. The molecular weight excluding hydrogens is 238 g/mol. The molecule has 0 fully saturated rings. The van der Waals surface area contributed by atoms with Crippen LogP contribution in [0.5, 0.6) is 0 Å². The Labute approximate surface area is 111 Å². The van der Waals surface area contributed by atoms with Crippen LogP contribution in [-0.4, -0.2) is 19.6 Å². The Bertz CT molecular complexity index is 714. The molecule has 0 saturated heterocycles. The van der Waals surface area contributed by atoms with Gasteiger partial charge in [0.05, 0.1) is 6.10 Å². The van der Waals surface area contributed by atoms with Gasteiger partial charge >= 0.3 is 0 Å². The van der Waals surface area contributed by atoms with Crippen LogP contribution >= 0.6 is 0 Å². The second-order valence-electron chi connectivity index (χ2n) is 4.65. The van der Waals surface area contributed by atoms with Crippen molar-refractivity contribution in [2.75, 3.05) is 0 Å². The molecule has 1 atom stereocenters. The normalized spacial score (nSPS) is 12.8. The van der Waals surface area contributed by atoms with E-state index in [0.29, 0.717) is 0 Å². The fraction of sp³-hybridized carbons (Fsp3) is 0.200. The Morgan fingerprint density at radius 3 is 2.58 bits per heavy atom. The lowest BCUT2D eigenvalue weighted by Crippen LogP contribution is -1.97. The predicted molar refractivity (Wildman–Crippen MR) is 74.2 cm³/mol. The second-order valence-corrected chi connectivity index (χ2v) is 4.65. The summed E-state index contributed by atoms with van der Waals surface area (Å²) in [5.41, 5.74) is 2.83. The summed E-state index contributed by atoms with van der Waals surface area (Å²) in [6.07, 6.45) is 3.37. The van der Waals surface area contributed by atoms with Crippen molar-refractivity contribution in [2.24, 2.45) is 0 Å². The zero-order chi connectivity index (χ0) is 13.4. The number of benzene rings is 1. The monoisotopic (exact) mass is 253 g/mol. The van der Waals surface area contributed by atoms with Crippen LogP contribution in [0, 0.1) is 6.92 Å². The summed E-state index contributed by atoms with van der Waals surface area (Å²) >= 11 is 0. The number of aliphatic hydroxyl groups is 1. The van der Waals surface area contributed by atoms with Gasteiger partial charge in [0.15, 0.2) is 0 Å². The number of aliphatic hydroxyl groups excluding tert-OH is 1. The third-order valence-corrected chi connectivity index (χ3v) is 3.20. The van der Waals surface area contributed by atoms with Crippen molar-refractivity contribution in [3.05, 3.63) is 54.1 Å². The number of hydrogen-bond acceptors (Lipinski definition) is 3. The third kappa shape index (κ3) is 2.11. The number of rotatable bonds is 2. The smallest absolute Gasteiger partial charge is 0.148 e. The van der Waals surface area contributed by atoms with Crippen LogP contribution in [-0.2, 0) is 0 Å². The molecule has 3 aromatic rings. The summed E-state index contributed by atoms with van der Waals surface area (Å²) in [6.45, 7) is 3.64. The summed E-state index contributed by atoms with van der Waals surface area (Å²) in [5, 5.41) is 10.5. The van der Waals surface area contributed by atoms with Gasteiger partial charge in [0.25, 0.3) is 0 Å². The summed E-state index contributed by atoms with van der Waals surface area (Å²) < 4.78 is 2.02. The number of fused-ring (bicyclic) bond motifs is 1. The van der Waals surface area contributed by atoms with Gasteiger partial charge < -0.3 is 9.67 Å². The van der Waals surface area contributed by atoms with E-state index in [1.54, 1.807) is 6.92 Å². The van der Waals surface area contributed by atoms with Crippen LogP contribution in [0.3, 0.4) is 0 Å². The van der Waals surface area contributed by atoms with Gasteiger partial charge in [-0.25, -0.2) is 9.97 Å². The van der Waals surface area contributed by atoms with Gasteiger partial charge in [-0.05, 0) is 37.6 Å². The SMILES string of the molecule is Cc1ncc2ccn(-c3ccc(C(C)O)cc3)c2n1. The highest BCUT2D eigenvalue weighted by Crippen LogP contribution is 2.20. The molecule has 0 aliphatic carbocycles. The van der Waals surface area contributed by atoms with Gasteiger partial charge in [-0.2, -0.15) is 0 Å². The fourth-order valence-electron chi connectivity index (χ4n) is 2.13. The minimum Gasteiger partial charge on any atom is -0.389 e. The minimum atomic E-state index is -0.444. The lowest BCUT2D eigenvalue weighted by atomic mass is 10.1. The first-order valence-electron chi connectivity index (χ1n) is 6.24. The van der Waals surface area contributed by atoms with E-state index in [9.17, 15) is 5.11 Å². The fourth-order valence-corrected chi connectivity index (χ4v) is 2.13. The quantitative estimate of drug-likeness (QED) is 0.764. The highest BCUT2D eigenvalue weighted by atomic mass is 16.3. The molecule has 1 unspecified atom stereocenters. The topological polar surface area (TPSA) is 50.9 Å². The molecule has 2 heterocycles. The first-order valence-corrected chi connectivity index (χ1v) is 6.24. The van der Waals surface area contributed by atoms with Gasteiger partial charge in [0.1, 0.15) is 11.5 Å². The van der Waals surface area contributed by atoms with Crippen molar-refractivity contribution in [1.82, 2.24) is 14.5 Å². The molecule has 0 saturated carbocycles. The summed E-state index contributed by atoms with van der Waals surface area (Å²) in [6, 6.07) is 9.83. The van der Waals surface area contributed by atoms with Crippen molar-refractivity contribution in [3.8, 4) is 5.69 Å². The molecule has 0 radical (unpaired) electrons. The van der Waals surface area contributed by atoms with Crippen LogP contribution in [0.1, 0.15) is 24.4 Å². The molecule has 4 nitrogen and oxygen atoms in total. The Morgan fingerprint density at radius 1 is 1.16 bits per heavy atom. The van der Waals surface area contributed by atoms with Gasteiger partial charge in [-0.1, -0.05) is 12.1 Å². The van der Waals surface area contributed by atoms with Crippen molar-refractivity contribution >= 4 is 11.0 Å². The Morgan fingerprint density at radius 2 is 1.89 bits per heavy atom. The maximum Gasteiger partial charge on any atom is 0.148 e. The average Bonchev–Trinajstić information content (AvgIpc) is 2.81. The van der Waals surface area contributed by atoms with Crippen molar-refractivity contribution in [1.29, 1.82) is 0 Å². The molecule has 1 N–H and O–H groups in total. The first-order chi connectivity index (χ1) is 9.15. The lowest BCUT2D eigenvalue weighted by molar-refractivity contribution is 0.199. The Balaban J connectivity index is 2.11. The maximum atomic E-state index is 9.53. The standard InChI is InChI=1S/C15H15N3O/c1-10(19)12-3-5-14(6-4-12)18-8-7-13-9-16-11(2)17-15(13)18/h3-10,19H,1-2H3. The zero-order valence-corrected chi connectivity index (χ0v) is 10.9. The van der Waals surface area contributed by atoms with E-state index in [2.05, 4.69) is 9.97 Å². The van der Waals surface area contributed by atoms with Gasteiger partial charge in [-0.15, -0.1) is 0 Å². The highest BCUT2D eigenvalue weighted by Gasteiger charge is 2.06. The van der Waals surface area contributed by atoms with E-state index in [-0.39, 0.29) is 0 Å². The second kappa shape index (κ2) is 4.48. The van der Waals surface area contributed by atoms with Crippen molar-refractivity contribution in [2.45, 2.75) is 20.0 Å². The summed E-state index contributed by atoms with van der Waals surface area (Å²) in [7, 11) is 0. The molecule has 0 aliphatic heterocycles. The predicted octanol–water partition coefficient (Wildman–Crippen LogP) is 2.78. The molecule has 1 aromatic carbocycles. The molecule has 19 heavy (non-hydrogen) atoms. The van der Waals surface area contributed by atoms with E-state index in [0.717, 1.165) is 28.1 Å². The molecule has 0 bridgehead atoms. The summed E-state index contributed by atoms with van der Waals surface area (Å²) in [5.74, 6) is 0.757. The van der Waals surface area contributed by atoms with Gasteiger partial charge in [-0.3, -0.25) is 0 Å².